The van der Waals surface area contributed by atoms with Gasteiger partial charge in [-0.3, -0.25) is 4.79 Å². The molecule has 0 heterocycles. The van der Waals surface area contributed by atoms with Crippen molar-refractivity contribution in [3.63, 3.8) is 0 Å². The van der Waals surface area contributed by atoms with Crippen molar-refractivity contribution in [3.8, 4) is 5.75 Å². The molecule has 1 aromatic rings. The topological polar surface area (TPSA) is 35.5 Å². The number of ether oxygens (including phenoxy) is 2. The molecule has 0 aliphatic heterocycles. The first-order valence-electron chi connectivity index (χ1n) is 5.68. The number of hydrogen-bond acceptors (Lipinski definition) is 3. The maximum absolute atomic E-state index is 11.0. The molecule has 0 aromatic heterocycles. The molecule has 1 rings (SSSR count). The molecule has 17 heavy (non-hydrogen) atoms. The van der Waals surface area contributed by atoms with Crippen molar-refractivity contribution < 1.29 is 14.3 Å². The van der Waals surface area contributed by atoms with E-state index in [0.29, 0.717) is 13.0 Å². The third-order valence-corrected chi connectivity index (χ3v) is 2.25. The van der Waals surface area contributed by atoms with Crippen LogP contribution in [0.1, 0.15) is 31.9 Å². The highest BCUT2D eigenvalue weighted by Gasteiger charge is 2.12. The first-order chi connectivity index (χ1) is 8.17. The lowest BCUT2D eigenvalue weighted by Gasteiger charge is -2.16. The Morgan fingerprint density at radius 1 is 1.41 bits per heavy atom. The van der Waals surface area contributed by atoms with Crippen LogP contribution >= 0.6 is 0 Å². The molecule has 1 unspecified atom stereocenters. The largest absolute Gasteiger partial charge is 0.494 e. The predicted molar refractivity (Wildman–Crippen MR) is 66.9 cm³/mol. The van der Waals surface area contributed by atoms with Crippen LogP contribution < -0.4 is 4.74 Å². The van der Waals surface area contributed by atoms with Gasteiger partial charge in [-0.1, -0.05) is 18.2 Å². The Balaban J connectivity index is 2.79. The van der Waals surface area contributed by atoms with Crippen molar-refractivity contribution in [3.05, 3.63) is 42.5 Å². The van der Waals surface area contributed by atoms with Crippen molar-refractivity contribution in [1.29, 1.82) is 0 Å². The minimum Gasteiger partial charge on any atom is -0.494 e. The van der Waals surface area contributed by atoms with Gasteiger partial charge in [0.1, 0.15) is 11.9 Å². The van der Waals surface area contributed by atoms with Gasteiger partial charge in [0, 0.05) is 13.3 Å². The molecule has 1 aromatic carbocycles. The number of rotatable bonds is 6. The standard InChI is InChI=1S/C14H18O3/c1-4-6-14(17-11(3)15)12-7-9-13(10-8-12)16-5-2/h4,7-10,14H,1,5-6H2,2-3H3. The summed E-state index contributed by atoms with van der Waals surface area (Å²) in [6, 6.07) is 7.56. The van der Waals surface area contributed by atoms with Gasteiger partial charge in [0.05, 0.1) is 6.61 Å². The molecule has 0 aliphatic carbocycles. The number of esters is 1. The van der Waals surface area contributed by atoms with Gasteiger partial charge in [-0.2, -0.15) is 0 Å². The molecule has 0 N–H and O–H groups in total. The Morgan fingerprint density at radius 3 is 2.53 bits per heavy atom. The molecule has 0 spiro atoms. The van der Waals surface area contributed by atoms with Gasteiger partial charge < -0.3 is 9.47 Å². The Bertz CT molecular complexity index is 368. The maximum atomic E-state index is 11.0. The fourth-order valence-electron chi connectivity index (χ4n) is 1.55. The van der Waals surface area contributed by atoms with E-state index in [2.05, 4.69) is 6.58 Å². The van der Waals surface area contributed by atoms with Crippen molar-refractivity contribution in [2.75, 3.05) is 6.61 Å². The predicted octanol–water partition coefficient (Wildman–Crippen LogP) is 3.27. The second-order valence-electron chi connectivity index (χ2n) is 3.62. The van der Waals surface area contributed by atoms with Gasteiger partial charge in [-0.25, -0.2) is 0 Å². The molecule has 1 atom stereocenters. The summed E-state index contributed by atoms with van der Waals surface area (Å²) in [7, 11) is 0. The lowest BCUT2D eigenvalue weighted by molar-refractivity contribution is -0.146. The summed E-state index contributed by atoms with van der Waals surface area (Å²) < 4.78 is 10.6. The van der Waals surface area contributed by atoms with Crippen molar-refractivity contribution in [2.24, 2.45) is 0 Å². The normalized spacial score (nSPS) is 11.6. The van der Waals surface area contributed by atoms with E-state index in [1.165, 1.54) is 6.92 Å². The van der Waals surface area contributed by atoms with E-state index in [1.807, 2.05) is 31.2 Å². The smallest absolute Gasteiger partial charge is 0.303 e. The van der Waals surface area contributed by atoms with Gasteiger partial charge >= 0.3 is 5.97 Å². The van der Waals surface area contributed by atoms with Crippen LogP contribution in [0.25, 0.3) is 0 Å². The van der Waals surface area contributed by atoms with Gasteiger partial charge in [0.25, 0.3) is 0 Å². The summed E-state index contributed by atoms with van der Waals surface area (Å²) >= 11 is 0. The Labute approximate surface area is 102 Å². The van der Waals surface area contributed by atoms with Crippen LogP contribution in [0.5, 0.6) is 5.75 Å². The van der Waals surface area contributed by atoms with Gasteiger partial charge in [0.15, 0.2) is 0 Å². The first kappa shape index (κ1) is 13.3. The third-order valence-electron chi connectivity index (χ3n) is 2.25. The zero-order valence-electron chi connectivity index (χ0n) is 10.3. The molecule has 0 bridgehead atoms. The van der Waals surface area contributed by atoms with E-state index < -0.39 is 0 Å². The highest BCUT2D eigenvalue weighted by Crippen LogP contribution is 2.24. The minimum absolute atomic E-state index is 0.263. The van der Waals surface area contributed by atoms with Gasteiger partial charge in [-0.05, 0) is 24.6 Å². The summed E-state index contributed by atoms with van der Waals surface area (Å²) in [6.07, 6.45) is 2.08. The van der Waals surface area contributed by atoms with Crippen molar-refractivity contribution in [1.82, 2.24) is 0 Å². The lowest BCUT2D eigenvalue weighted by atomic mass is 10.1. The monoisotopic (exact) mass is 234 g/mol. The van der Waals surface area contributed by atoms with E-state index >= 15 is 0 Å². The van der Waals surface area contributed by atoms with Gasteiger partial charge in [0.2, 0.25) is 0 Å². The van der Waals surface area contributed by atoms with Crippen molar-refractivity contribution in [2.45, 2.75) is 26.4 Å². The van der Waals surface area contributed by atoms with E-state index in [9.17, 15) is 4.79 Å². The molecule has 0 saturated carbocycles. The van der Waals surface area contributed by atoms with E-state index in [1.54, 1.807) is 6.08 Å². The maximum Gasteiger partial charge on any atom is 0.303 e. The fourth-order valence-corrected chi connectivity index (χ4v) is 1.55. The molecule has 0 aliphatic rings. The SMILES string of the molecule is C=CCC(OC(C)=O)c1ccc(OCC)cc1. The van der Waals surface area contributed by atoms with Gasteiger partial charge in [-0.15, -0.1) is 6.58 Å². The Morgan fingerprint density at radius 2 is 2.06 bits per heavy atom. The summed E-state index contributed by atoms with van der Waals surface area (Å²) in [5.41, 5.74) is 0.948. The third kappa shape index (κ3) is 4.31. The molecule has 0 amide bonds. The van der Waals surface area contributed by atoms with Crippen molar-refractivity contribution >= 4 is 5.97 Å². The second-order valence-corrected chi connectivity index (χ2v) is 3.62. The Kier molecular flexibility index (Phi) is 5.27. The minimum atomic E-state index is -0.286. The molecular formula is C14H18O3. The number of carbonyl (C=O) groups is 1. The number of benzene rings is 1. The summed E-state index contributed by atoms with van der Waals surface area (Å²) in [5, 5.41) is 0. The fraction of sp³-hybridized carbons (Fsp3) is 0.357. The van der Waals surface area contributed by atoms with E-state index in [-0.39, 0.29) is 12.1 Å². The zero-order chi connectivity index (χ0) is 12.7. The summed E-state index contributed by atoms with van der Waals surface area (Å²) in [6.45, 7) is 7.65. The number of hydrogen-bond donors (Lipinski definition) is 0. The van der Waals surface area contributed by atoms with Crippen LogP contribution in [0, 0.1) is 0 Å². The highest BCUT2D eigenvalue weighted by molar-refractivity contribution is 5.66. The average molecular weight is 234 g/mol. The van der Waals surface area contributed by atoms with Crippen LogP contribution in [-0.4, -0.2) is 12.6 Å². The molecule has 0 fully saturated rings. The van der Waals surface area contributed by atoms with E-state index in [0.717, 1.165) is 11.3 Å². The zero-order valence-corrected chi connectivity index (χ0v) is 10.3. The quantitative estimate of drug-likeness (QED) is 0.560. The Hall–Kier alpha value is -1.77. The molecule has 92 valence electrons. The van der Waals surface area contributed by atoms with E-state index in [4.69, 9.17) is 9.47 Å². The molecular weight excluding hydrogens is 216 g/mol. The second kappa shape index (κ2) is 6.74. The summed E-state index contributed by atoms with van der Waals surface area (Å²) in [5.74, 6) is 0.530. The lowest BCUT2D eigenvalue weighted by Crippen LogP contribution is -2.07. The summed E-state index contributed by atoms with van der Waals surface area (Å²) in [4.78, 5) is 11.0. The molecule has 0 saturated heterocycles. The molecule has 0 radical (unpaired) electrons. The van der Waals surface area contributed by atoms with Crippen LogP contribution in [0.2, 0.25) is 0 Å². The van der Waals surface area contributed by atoms with Crippen LogP contribution in [0.15, 0.2) is 36.9 Å². The van der Waals surface area contributed by atoms with Crippen LogP contribution in [0.4, 0.5) is 0 Å². The van der Waals surface area contributed by atoms with Crippen LogP contribution in [-0.2, 0) is 9.53 Å². The first-order valence-corrected chi connectivity index (χ1v) is 5.68. The number of carbonyl (C=O) groups excluding carboxylic acids is 1. The highest BCUT2D eigenvalue weighted by atomic mass is 16.5. The average Bonchev–Trinajstić information content (AvgIpc) is 2.29. The van der Waals surface area contributed by atoms with Crippen LogP contribution in [0.3, 0.4) is 0 Å². The molecule has 3 nitrogen and oxygen atoms in total. The molecule has 3 heteroatoms.